The van der Waals surface area contributed by atoms with E-state index in [1.54, 1.807) is 38.4 Å². The van der Waals surface area contributed by atoms with Crippen molar-refractivity contribution < 1.29 is 4.79 Å². The van der Waals surface area contributed by atoms with Crippen LogP contribution in [0.15, 0.2) is 47.7 Å². The maximum absolute atomic E-state index is 12.0. The van der Waals surface area contributed by atoms with E-state index < -0.39 is 0 Å². The van der Waals surface area contributed by atoms with Gasteiger partial charge in [0.2, 0.25) is 5.95 Å². The fourth-order valence-electron chi connectivity index (χ4n) is 3.11. The van der Waals surface area contributed by atoms with Crippen LogP contribution in [0.3, 0.4) is 0 Å². The van der Waals surface area contributed by atoms with Crippen LogP contribution >= 0.6 is 24.0 Å². The normalized spacial score (nSPS) is 14.2. The molecular formula is C20H28IN7O. The number of aliphatic imine (C=N–C) groups is 1. The Morgan fingerprint density at radius 1 is 1.10 bits per heavy atom. The lowest BCUT2D eigenvalue weighted by molar-refractivity contribution is 0.0827. The summed E-state index contributed by atoms with van der Waals surface area (Å²) in [5, 5.41) is 3.41. The largest absolute Gasteiger partial charge is 0.352 e. The number of nitrogens with zero attached hydrogens (tertiary/aromatic N) is 6. The van der Waals surface area contributed by atoms with Gasteiger partial charge in [-0.25, -0.2) is 9.97 Å². The van der Waals surface area contributed by atoms with Gasteiger partial charge in [-0.2, -0.15) is 0 Å². The number of aromatic nitrogens is 2. The lowest BCUT2D eigenvalue weighted by Gasteiger charge is -2.36. The summed E-state index contributed by atoms with van der Waals surface area (Å²) in [6, 6.07) is 9.50. The van der Waals surface area contributed by atoms with Crippen molar-refractivity contribution in [3.05, 3.63) is 53.9 Å². The van der Waals surface area contributed by atoms with Crippen LogP contribution in [0, 0.1) is 0 Å². The van der Waals surface area contributed by atoms with Crippen LogP contribution in [0.25, 0.3) is 0 Å². The van der Waals surface area contributed by atoms with Gasteiger partial charge in [0.05, 0.1) is 0 Å². The van der Waals surface area contributed by atoms with Crippen LogP contribution in [0.5, 0.6) is 0 Å². The van der Waals surface area contributed by atoms with Crippen molar-refractivity contribution >= 4 is 41.8 Å². The number of hydrogen-bond acceptors (Lipinski definition) is 5. The van der Waals surface area contributed by atoms with Gasteiger partial charge in [-0.3, -0.25) is 9.79 Å². The number of anilines is 1. The number of hydrogen-bond donors (Lipinski definition) is 1. The molecule has 0 saturated carbocycles. The zero-order chi connectivity index (χ0) is 19.9. The van der Waals surface area contributed by atoms with E-state index in [1.165, 1.54) is 0 Å². The number of halogens is 1. The minimum atomic E-state index is 0. The van der Waals surface area contributed by atoms with E-state index in [9.17, 15) is 4.79 Å². The first kappa shape index (κ1) is 22.9. The van der Waals surface area contributed by atoms with Crippen LogP contribution < -0.4 is 10.2 Å². The third-order valence-corrected chi connectivity index (χ3v) is 4.68. The minimum absolute atomic E-state index is 0. The van der Waals surface area contributed by atoms with Gasteiger partial charge in [-0.1, -0.05) is 12.1 Å². The van der Waals surface area contributed by atoms with Crippen molar-refractivity contribution in [2.24, 2.45) is 4.99 Å². The Kier molecular flexibility index (Phi) is 8.62. The van der Waals surface area contributed by atoms with Gasteiger partial charge in [0.25, 0.3) is 5.91 Å². The average Bonchev–Trinajstić information content (AvgIpc) is 2.75. The summed E-state index contributed by atoms with van der Waals surface area (Å²) in [7, 11) is 5.31. The Bertz CT molecular complexity index is 803. The number of guanidine groups is 1. The third-order valence-electron chi connectivity index (χ3n) is 4.68. The highest BCUT2D eigenvalue weighted by Gasteiger charge is 2.21. The summed E-state index contributed by atoms with van der Waals surface area (Å²) in [4.78, 5) is 31.0. The van der Waals surface area contributed by atoms with E-state index in [0.29, 0.717) is 12.1 Å². The molecule has 0 aliphatic carbocycles. The monoisotopic (exact) mass is 509 g/mol. The Hall–Kier alpha value is -2.43. The highest BCUT2D eigenvalue weighted by Crippen LogP contribution is 2.10. The number of carbonyl (C=O) groups excluding carboxylic acids is 1. The molecule has 0 unspecified atom stereocenters. The molecule has 1 N–H and O–H groups in total. The predicted molar refractivity (Wildman–Crippen MR) is 126 cm³/mol. The molecule has 1 aliphatic rings. The molecule has 0 bridgehead atoms. The van der Waals surface area contributed by atoms with Crippen molar-refractivity contribution in [3.8, 4) is 0 Å². The summed E-state index contributed by atoms with van der Waals surface area (Å²) >= 11 is 0. The van der Waals surface area contributed by atoms with Crippen LogP contribution in [0.1, 0.15) is 15.9 Å². The van der Waals surface area contributed by atoms with Crippen LogP contribution in [-0.4, -0.2) is 79.0 Å². The molecule has 1 saturated heterocycles. The minimum Gasteiger partial charge on any atom is -0.352 e. The number of amides is 1. The quantitative estimate of drug-likeness (QED) is 0.384. The first-order chi connectivity index (χ1) is 13.6. The predicted octanol–water partition coefficient (Wildman–Crippen LogP) is 1.69. The van der Waals surface area contributed by atoms with E-state index in [1.807, 2.05) is 30.3 Å². The number of rotatable bonds is 4. The summed E-state index contributed by atoms with van der Waals surface area (Å²) in [5.41, 5.74) is 1.80. The van der Waals surface area contributed by atoms with Crippen molar-refractivity contribution in [1.82, 2.24) is 25.1 Å². The first-order valence-corrected chi connectivity index (χ1v) is 9.36. The molecule has 1 amide bonds. The molecule has 0 spiro atoms. The van der Waals surface area contributed by atoms with Crippen LogP contribution in [0.2, 0.25) is 0 Å². The second-order valence-corrected chi connectivity index (χ2v) is 6.82. The van der Waals surface area contributed by atoms with Crippen molar-refractivity contribution in [3.63, 3.8) is 0 Å². The van der Waals surface area contributed by atoms with Crippen LogP contribution in [0.4, 0.5) is 5.95 Å². The molecule has 3 rings (SSSR count). The zero-order valence-corrected chi connectivity index (χ0v) is 19.4. The average molecular weight is 509 g/mol. The molecule has 1 aromatic heterocycles. The maximum atomic E-state index is 12.0. The van der Waals surface area contributed by atoms with E-state index >= 15 is 0 Å². The van der Waals surface area contributed by atoms with Gasteiger partial charge in [0.1, 0.15) is 0 Å². The molecular weight excluding hydrogens is 481 g/mol. The zero-order valence-electron chi connectivity index (χ0n) is 17.1. The number of piperazine rings is 1. The summed E-state index contributed by atoms with van der Waals surface area (Å²) in [5.74, 6) is 1.66. The molecule has 9 heteroatoms. The third kappa shape index (κ3) is 6.02. The Morgan fingerprint density at radius 2 is 1.72 bits per heavy atom. The van der Waals surface area contributed by atoms with Gasteiger partial charge in [0, 0.05) is 71.8 Å². The highest BCUT2D eigenvalue weighted by molar-refractivity contribution is 14.0. The summed E-state index contributed by atoms with van der Waals surface area (Å²) in [6.07, 6.45) is 3.54. The van der Waals surface area contributed by atoms with Crippen molar-refractivity contribution in [2.75, 3.05) is 52.2 Å². The standard InChI is InChI=1S/C20H27N7O.HI/c1-21-19(24-15-16-5-7-17(8-6-16)18(28)25(2)3)26-11-13-27(14-12-26)20-22-9-4-10-23-20;/h4-10H,11-15H2,1-3H3,(H,21,24);1H. The molecule has 1 aliphatic heterocycles. The van der Waals surface area contributed by atoms with E-state index in [0.717, 1.165) is 43.7 Å². The number of nitrogens with one attached hydrogen (secondary N) is 1. The molecule has 8 nitrogen and oxygen atoms in total. The second-order valence-electron chi connectivity index (χ2n) is 6.82. The van der Waals surface area contributed by atoms with E-state index in [4.69, 9.17) is 0 Å². The molecule has 0 radical (unpaired) electrons. The maximum Gasteiger partial charge on any atom is 0.253 e. The Labute approximate surface area is 189 Å². The topological polar surface area (TPSA) is 77.0 Å². The second kappa shape index (κ2) is 10.9. The molecule has 1 fully saturated rings. The lowest BCUT2D eigenvalue weighted by atomic mass is 10.1. The molecule has 2 aromatic rings. The van der Waals surface area contributed by atoms with Crippen molar-refractivity contribution in [1.29, 1.82) is 0 Å². The van der Waals surface area contributed by atoms with Gasteiger partial charge in [-0.15, -0.1) is 24.0 Å². The number of benzene rings is 1. The molecule has 2 heterocycles. The van der Waals surface area contributed by atoms with Gasteiger partial charge >= 0.3 is 0 Å². The fraction of sp³-hybridized carbons (Fsp3) is 0.400. The molecule has 156 valence electrons. The fourth-order valence-corrected chi connectivity index (χ4v) is 3.11. The van der Waals surface area contributed by atoms with Gasteiger partial charge < -0.3 is 20.0 Å². The first-order valence-electron chi connectivity index (χ1n) is 9.36. The lowest BCUT2D eigenvalue weighted by Crippen LogP contribution is -2.52. The summed E-state index contributed by atoms with van der Waals surface area (Å²) < 4.78 is 0. The van der Waals surface area contributed by atoms with Gasteiger partial charge in [-0.05, 0) is 23.8 Å². The highest BCUT2D eigenvalue weighted by atomic mass is 127. The number of carbonyl (C=O) groups is 1. The Balaban J connectivity index is 0.00000300. The Morgan fingerprint density at radius 3 is 2.28 bits per heavy atom. The smallest absolute Gasteiger partial charge is 0.253 e. The molecule has 0 atom stereocenters. The van der Waals surface area contributed by atoms with Crippen molar-refractivity contribution in [2.45, 2.75) is 6.54 Å². The molecule has 29 heavy (non-hydrogen) atoms. The summed E-state index contributed by atoms with van der Waals surface area (Å²) in [6.45, 7) is 4.08. The van der Waals surface area contributed by atoms with E-state index in [-0.39, 0.29) is 29.9 Å². The molecule has 1 aromatic carbocycles. The SMILES string of the molecule is CN=C(NCc1ccc(C(=O)N(C)C)cc1)N1CCN(c2ncccn2)CC1.I. The van der Waals surface area contributed by atoms with Crippen LogP contribution in [-0.2, 0) is 6.54 Å². The van der Waals surface area contributed by atoms with E-state index in [2.05, 4.69) is 30.1 Å². The van der Waals surface area contributed by atoms with Gasteiger partial charge in [0.15, 0.2) is 5.96 Å².